The number of amides is 2. The van der Waals surface area contributed by atoms with Gasteiger partial charge in [0.25, 0.3) is 0 Å². The number of nitrogens with two attached hydrogens (primary N) is 1. The van der Waals surface area contributed by atoms with Crippen LogP contribution >= 0.6 is 0 Å². The van der Waals surface area contributed by atoms with Gasteiger partial charge in [0.05, 0.1) is 5.75 Å². The molecule has 2 heterocycles. The number of carbonyl (C=O) groups excluding carboxylic acids is 2. The Bertz CT molecular complexity index is 1550. The maximum atomic E-state index is 13.8. The largest absolute Gasteiger partial charge is 0.384 e. The Morgan fingerprint density at radius 2 is 1.59 bits per heavy atom. The van der Waals surface area contributed by atoms with Gasteiger partial charge in [0, 0.05) is 29.0 Å². The first-order valence-corrected chi connectivity index (χ1v) is 17.2. The maximum Gasteiger partial charge on any atom is 0.242 e. The summed E-state index contributed by atoms with van der Waals surface area (Å²) in [5.41, 5.74) is 8.32. The minimum absolute atomic E-state index is 0.0467. The molecule has 246 valence electrons. The fourth-order valence-electron chi connectivity index (χ4n) is 5.45. The zero-order chi connectivity index (χ0) is 32.9. The average molecular weight is 651 g/mol. The molecule has 0 bridgehead atoms. The second-order valence-corrected chi connectivity index (χ2v) is 13.5. The van der Waals surface area contributed by atoms with Gasteiger partial charge in [-0.3, -0.25) is 20.2 Å². The molecule has 8 N–H and O–H groups in total. The van der Waals surface area contributed by atoms with Crippen LogP contribution in [0, 0.1) is 11.3 Å². The molecule has 0 radical (unpaired) electrons. The number of sulfonamides is 1. The van der Waals surface area contributed by atoms with E-state index in [0.717, 1.165) is 48.2 Å². The molecule has 2 atom stereocenters. The molecule has 3 aromatic rings. The van der Waals surface area contributed by atoms with E-state index in [0.29, 0.717) is 29.9 Å². The van der Waals surface area contributed by atoms with Gasteiger partial charge in [-0.15, -0.1) is 0 Å². The van der Waals surface area contributed by atoms with Gasteiger partial charge in [0.15, 0.2) is 0 Å². The molecule has 13 heteroatoms. The Labute approximate surface area is 270 Å². The lowest BCUT2D eigenvalue weighted by Crippen LogP contribution is -2.54. The van der Waals surface area contributed by atoms with Crippen LogP contribution in [0.2, 0.25) is 0 Å². The van der Waals surface area contributed by atoms with Crippen LogP contribution in [-0.4, -0.2) is 56.4 Å². The third-order valence-corrected chi connectivity index (χ3v) is 9.49. The highest BCUT2D eigenvalue weighted by molar-refractivity contribution is 7.88. The first kappa shape index (κ1) is 34.5. The summed E-state index contributed by atoms with van der Waals surface area (Å²) in [7, 11) is -3.92. The van der Waals surface area contributed by atoms with Crippen LogP contribution in [0.15, 0.2) is 79.1 Å². The molecule has 0 spiro atoms. The number of rotatable bonds is 16. The smallest absolute Gasteiger partial charge is 0.242 e. The second-order valence-electron chi connectivity index (χ2n) is 11.7. The van der Waals surface area contributed by atoms with Crippen LogP contribution in [0.1, 0.15) is 54.4 Å². The summed E-state index contributed by atoms with van der Waals surface area (Å²) in [6.45, 7) is 2.03. The highest BCUT2D eigenvalue weighted by Crippen LogP contribution is 2.19. The zero-order valence-electron chi connectivity index (χ0n) is 25.8. The molecule has 46 heavy (non-hydrogen) atoms. The fourth-order valence-corrected chi connectivity index (χ4v) is 6.82. The summed E-state index contributed by atoms with van der Waals surface area (Å²) in [4.78, 5) is 27.3. The first-order chi connectivity index (χ1) is 22.1. The van der Waals surface area contributed by atoms with Gasteiger partial charge in [-0.25, -0.2) is 13.1 Å². The molecule has 0 saturated carbocycles. The minimum atomic E-state index is -3.92. The predicted octanol–water partition coefficient (Wildman–Crippen LogP) is 1.50. The van der Waals surface area contributed by atoms with Crippen LogP contribution in [0.5, 0.6) is 0 Å². The van der Waals surface area contributed by atoms with Crippen molar-refractivity contribution in [3.05, 3.63) is 101 Å². The number of nitrogens with zero attached hydrogens (tertiary/aromatic N) is 1. The predicted molar refractivity (Wildman–Crippen MR) is 174 cm³/mol. The molecule has 1 fully saturated rings. The SMILES string of the molecule is N=C(N)c1ccc(CNC(=O)C(CCC2CCNCC2)NC(=O)C(CCc2cc[n+](O)cc2)NS(=O)(=O)Cc2ccccc2)cc1. The number of piperidine rings is 1. The number of nitrogen functional groups attached to an aromatic ring is 1. The van der Waals surface area contributed by atoms with Crippen molar-refractivity contribution in [1.82, 2.24) is 20.7 Å². The van der Waals surface area contributed by atoms with Crippen LogP contribution < -0.4 is 31.1 Å². The minimum Gasteiger partial charge on any atom is -0.384 e. The van der Waals surface area contributed by atoms with E-state index in [1.165, 1.54) is 12.4 Å². The lowest BCUT2D eigenvalue weighted by Gasteiger charge is -2.26. The molecule has 12 nitrogen and oxygen atoms in total. The molecule has 2 amide bonds. The number of aromatic nitrogens is 1. The number of aryl methyl sites for hydroxylation is 1. The van der Waals surface area contributed by atoms with Gasteiger partial charge in [0.2, 0.25) is 34.2 Å². The number of amidine groups is 1. The molecule has 1 saturated heterocycles. The number of carbonyl (C=O) groups is 2. The van der Waals surface area contributed by atoms with E-state index in [4.69, 9.17) is 11.1 Å². The van der Waals surface area contributed by atoms with Gasteiger partial charge >= 0.3 is 0 Å². The van der Waals surface area contributed by atoms with Crippen molar-refractivity contribution in [2.24, 2.45) is 11.7 Å². The molecule has 0 aliphatic carbocycles. The highest BCUT2D eigenvalue weighted by Gasteiger charge is 2.29. The highest BCUT2D eigenvalue weighted by atomic mass is 32.2. The van der Waals surface area contributed by atoms with E-state index in [1.54, 1.807) is 66.7 Å². The average Bonchev–Trinajstić information content (AvgIpc) is 3.05. The summed E-state index contributed by atoms with van der Waals surface area (Å²) >= 11 is 0. The molecular weight excluding hydrogens is 606 g/mol. The van der Waals surface area contributed by atoms with Crippen molar-refractivity contribution in [2.45, 2.75) is 62.9 Å². The van der Waals surface area contributed by atoms with E-state index >= 15 is 0 Å². The molecule has 2 unspecified atom stereocenters. The number of hydrogen-bond acceptors (Lipinski definition) is 7. The molecule has 2 aromatic carbocycles. The summed E-state index contributed by atoms with van der Waals surface area (Å²) in [6, 6.07) is 17.0. The third kappa shape index (κ3) is 11.2. The van der Waals surface area contributed by atoms with E-state index in [-0.39, 0.29) is 30.5 Å². The normalized spacial score (nSPS) is 15.0. The van der Waals surface area contributed by atoms with E-state index in [2.05, 4.69) is 20.7 Å². The number of pyridine rings is 1. The Balaban J connectivity index is 1.48. The van der Waals surface area contributed by atoms with E-state index in [9.17, 15) is 23.2 Å². The summed E-state index contributed by atoms with van der Waals surface area (Å²) in [5.74, 6) is -0.870. The zero-order valence-corrected chi connectivity index (χ0v) is 26.6. The Morgan fingerprint density at radius 1 is 0.913 bits per heavy atom. The van der Waals surface area contributed by atoms with Crippen LogP contribution in [0.3, 0.4) is 0 Å². The lowest BCUT2D eigenvalue weighted by molar-refractivity contribution is -0.904. The van der Waals surface area contributed by atoms with Crippen molar-refractivity contribution in [3.8, 4) is 0 Å². The van der Waals surface area contributed by atoms with E-state index < -0.39 is 28.0 Å². The van der Waals surface area contributed by atoms with Gasteiger partial charge in [-0.1, -0.05) is 54.6 Å². The van der Waals surface area contributed by atoms with Crippen molar-refractivity contribution in [1.29, 1.82) is 5.41 Å². The molecule has 1 aliphatic heterocycles. The lowest BCUT2D eigenvalue weighted by atomic mass is 9.91. The molecule has 1 aliphatic rings. The van der Waals surface area contributed by atoms with Gasteiger partial charge in [-0.05, 0) is 74.2 Å². The Kier molecular flexibility index (Phi) is 12.6. The van der Waals surface area contributed by atoms with Crippen LogP contribution in [-0.2, 0) is 38.3 Å². The van der Waals surface area contributed by atoms with E-state index in [1.807, 2.05) is 0 Å². The maximum absolute atomic E-state index is 13.8. The second kappa shape index (κ2) is 16.8. The Morgan fingerprint density at radius 3 is 2.24 bits per heavy atom. The van der Waals surface area contributed by atoms with Crippen LogP contribution in [0.4, 0.5) is 0 Å². The molecule has 1 aromatic heterocycles. The number of nitrogens with one attached hydrogen (secondary N) is 5. The third-order valence-electron chi connectivity index (χ3n) is 8.13. The van der Waals surface area contributed by atoms with Crippen LogP contribution in [0.25, 0.3) is 0 Å². The fraction of sp³-hybridized carbons (Fsp3) is 0.394. The van der Waals surface area contributed by atoms with Gasteiger partial charge in [0.1, 0.15) is 17.9 Å². The summed E-state index contributed by atoms with van der Waals surface area (Å²) in [6.07, 6.45) is 6.52. The van der Waals surface area contributed by atoms with Crippen molar-refractivity contribution >= 4 is 27.7 Å². The van der Waals surface area contributed by atoms with Crippen molar-refractivity contribution in [3.63, 3.8) is 0 Å². The monoisotopic (exact) mass is 650 g/mol. The molecular formula is C33H44N7O5S+. The summed E-state index contributed by atoms with van der Waals surface area (Å²) < 4.78 is 29.9. The molecule has 4 rings (SSSR count). The van der Waals surface area contributed by atoms with Crippen molar-refractivity contribution < 1.29 is 27.9 Å². The quantitative estimate of drug-likeness (QED) is 0.0529. The van der Waals surface area contributed by atoms with Gasteiger partial charge in [-0.2, -0.15) is 0 Å². The summed E-state index contributed by atoms with van der Waals surface area (Å²) in [5, 5.41) is 26.3. The van der Waals surface area contributed by atoms with Gasteiger partial charge < -0.3 is 21.7 Å². The van der Waals surface area contributed by atoms with Crippen molar-refractivity contribution in [2.75, 3.05) is 13.1 Å². The number of hydrogen-bond donors (Lipinski definition) is 7. The Hall–Kier alpha value is -4.33. The number of benzene rings is 2. The first-order valence-electron chi connectivity index (χ1n) is 15.5. The standard InChI is InChI=1S/C33H43N7O5S/c34-31(35)28-10-6-26(7-11-28)22-37-32(41)29(12-8-24-14-18-36-19-15-24)38-33(42)30(13-9-25-16-20-40(43)21-17-25)39-46(44,45)23-27-4-2-1-3-5-27/h1-7,10-11,16-17,20-21,24,29-30,36,39H,8-9,12-15,18-19,22-23H2,(H5-,34,35,37,38,41,42,43)/p+1. The topological polar surface area (TPSA) is 190 Å².